The average Bonchev–Trinajstić information content (AvgIpc) is 3.34. The Hall–Kier alpha value is -7.09. The first-order chi connectivity index (χ1) is 31.3. The largest absolute Gasteiger partial charge is 0.248 e. The van der Waals surface area contributed by atoms with Crippen molar-refractivity contribution in [3.05, 3.63) is 266 Å². The van der Waals surface area contributed by atoms with Gasteiger partial charge in [0, 0.05) is 11.1 Å². The number of aromatic nitrogens is 1. The van der Waals surface area contributed by atoms with Crippen molar-refractivity contribution in [3.8, 4) is 22.5 Å². The zero-order chi connectivity index (χ0) is 45.1. The number of benzene rings is 5. The minimum atomic E-state index is 0.988. The van der Waals surface area contributed by atoms with Crippen molar-refractivity contribution in [2.24, 2.45) is 0 Å². The number of nitrogens with zero attached hydrogens (tertiary/aromatic N) is 1. The van der Waals surface area contributed by atoms with Crippen LogP contribution < -0.4 is 10.4 Å². The van der Waals surface area contributed by atoms with Crippen LogP contribution in [0.15, 0.2) is 234 Å². The lowest BCUT2D eigenvalue weighted by molar-refractivity contribution is 0.777. The third-order valence-corrected chi connectivity index (χ3v) is 11.7. The standard InChI is InChI=1S/C47H47N.C16H16/c1-6-18-40(7-2)35(3)31-38(32-36(4)41-19-11-8-12-20-41)27-29-42-25-17-26-43(37(42)5)30-28-39-33-46(44-21-13-9-14-22-44)48-47(34-39)45-23-15-10-16-24-45;1-3-14-9-6-7-11-16(14)12-15-10-5-4-8-13(15)2/h6-16,18-24,27-34H,17,25-26H2,1-5H3;3-12H,1-2H3/b18-6-,30-28+,35-31+,36-32+,38-27-,40-7+,42-29+;14-3?,16-12-. The summed E-state index contributed by atoms with van der Waals surface area (Å²) in [6.45, 7) is 15.1. The van der Waals surface area contributed by atoms with Gasteiger partial charge in [0.1, 0.15) is 0 Å². The molecule has 1 aliphatic rings. The third kappa shape index (κ3) is 13.2. The van der Waals surface area contributed by atoms with Gasteiger partial charge in [0.2, 0.25) is 0 Å². The van der Waals surface area contributed by atoms with Gasteiger partial charge in [-0.05, 0) is 158 Å². The van der Waals surface area contributed by atoms with Gasteiger partial charge in [0.15, 0.2) is 0 Å². The molecule has 0 N–H and O–H groups in total. The van der Waals surface area contributed by atoms with E-state index in [0.717, 1.165) is 47.3 Å². The molecule has 0 bridgehead atoms. The normalized spacial score (nSPS) is 15.3. The van der Waals surface area contributed by atoms with E-state index >= 15 is 0 Å². The average molecular weight is 834 g/mol. The SMILES string of the molecule is CC=c1cccc/c1=C/c1ccccc1C.C\C=C/C(=C\C)C(/C)=C/C(=C/C=C1\CCCC(/C=C/c2cc(-c3ccccc3)nc(-c3ccccc3)c2)=C1C)/C=C(\C)c1ccccc1. The summed E-state index contributed by atoms with van der Waals surface area (Å²) in [6, 6.07) is 52.8. The van der Waals surface area contributed by atoms with Crippen molar-refractivity contribution in [1.82, 2.24) is 4.98 Å². The van der Waals surface area contributed by atoms with Crippen molar-refractivity contribution in [3.63, 3.8) is 0 Å². The van der Waals surface area contributed by atoms with E-state index < -0.39 is 0 Å². The molecule has 0 saturated carbocycles. The zero-order valence-corrected chi connectivity index (χ0v) is 38.9. The highest BCUT2D eigenvalue weighted by atomic mass is 14.7. The Kier molecular flexibility index (Phi) is 17.4. The molecule has 0 radical (unpaired) electrons. The van der Waals surface area contributed by atoms with E-state index in [1.807, 2.05) is 0 Å². The van der Waals surface area contributed by atoms with Gasteiger partial charge in [-0.15, -0.1) is 0 Å². The maximum atomic E-state index is 5.05. The summed E-state index contributed by atoms with van der Waals surface area (Å²) in [5.74, 6) is 0. The summed E-state index contributed by atoms with van der Waals surface area (Å²) in [5.41, 5.74) is 18.3. The van der Waals surface area contributed by atoms with Crippen LogP contribution in [0.4, 0.5) is 0 Å². The van der Waals surface area contributed by atoms with E-state index in [2.05, 4.69) is 267 Å². The summed E-state index contributed by atoms with van der Waals surface area (Å²) in [6.07, 6.45) is 28.0. The lowest BCUT2D eigenvalue weighted by Crippen LogP contribution is -2.23. The summed E-state index contributed by atoms with van der Waals surface area (Å²) in [5, 5.41) is 2.56. The lowest BCUT2D eigenvalue weighted by Gasteiger charge is -2.18. The molecule has 64 heavy (non-hydrogen) atoms. The number of allylic oxidation sites excluding steroid dienone is 15. The fourth-order valence-electron chi connectivity index (χ4n) is 7.98. The van der Waals surface area contributed by atoms with Crippen LogP contribution in [0.25, 0.3) is 46.3 Å². The number of pyridine rings is 1. The fourth-order valence-corrected chi connectivity index (χ4v) is 7.98. The predicted octanol–water partition coefficient (Wildman–Crippen LogP) is 16.0. The highest BCUT2D eigenvalue weighted by Gasteiger charge is 2.13. The molecule has 0 amide bonds. The van der Waals surface area contributed by atoms with Gasteiger partial charge in [-0.2, -0.15) is 0 Å². The molecule has 0 saturated heterocycles. The molecule has 1 nitrogen and oxygen atoms in total. The molecular formula is C63H63N. The van der Waals surface area contributed by atoms with Gasteiger partial charge in [-0.1, -0.05) is 200 Å². The molecule has 0 spiro atoms. The molecule has 1 aliphatic carbocycles. The van der Waals surface area contributed by atoms with Gasteiger partial charge in [-0.25, -0.2) is 4.98 Å². The number of hydrogen-bond acceptors (Lipinski definition) is 1. The second-order valence-corrected chi connectivity index (χ2v) is 16.3. The van der Waals surface area contributed by atoms with Crippen LogP contribution >= 0.6 is 0 Å². The van der Waals surface area contributed by atoms with Crippen LogP contribution in [0.5, 0.6) is 0 Å². The highest BCUT2D eigenvalue weighted by molar-refractivity contribution is 5.72. The number of rotatable bonds is 11. The maximum Gasteiger partial charge on any atom is 0.0715 e. The van der Waals surface area contributed by atoms with Crippen LogP contribution in [0.2, 0.25) is 0 Å². The molecule has 1 heterocycles. The second-order valence-electron chi connectivity index (χ2n) is 16.3. The smallest absolute Gasteiger partial charge is 0.0715 e. The quantitative estimate of drug-likeness (QED) is 0.119. The summed E-state index contributed by atoms with van der Waals surface area (Å²) in [4.78, 5) is 5.05. The Bertz CT molecular complexity index is 2810. The first-order valence-electron chi connectivity index (χ1n) is 22.7. The monoisotopic (exact) mass is 833 g/mol. The fraction of sp³-hybridized carbons (Fsp3) is 0.159. The topological polar surface area (TPSA) is 12.9 Å². The van der Waals surface area contributed by atoms with Crippen LogP contribution in [0, 0.1) is 6.92 Å². The van der Waals surface area contributed by atoms with Gasteiger partial charge in [0.25, 0.3) is 0 Å². The van der Waals surface area contributed by atoms with E-state index in [4.69, 9.17) is 4.98 Å². The molecule has 5 aromatic carbocycles. The summed E-state index contributed by atoms with van der Waals surface area (Å²) in [7, 11) is 0. The molecule has 0 fully saturated rings. The van der Waals surface area contributed by atoms with E-state index in [9.17, 15) is 0 Å². The van der Waals surface area contributed by atoms with Gasteiger partial charge < -0.3 is 0 Å². The Morgan fingerprint density at radius 3 is 1.81 bits per heavy atom. The second kappa shape index (κ2) is 23.9. The Labute approximate surface area is 383 Å². The number of hydrogen-bond donors (Lipinski definition) is 0. The van der Waals surface area contributed by atoms with E-state index in [-0.39, 0.29) is 0 Å². The molecule has 1 heteroatoms. The molecule has 7 rings (SSSR count). The molecule has 1 aromatic heterocycles. The third-order valence-electron chi connectivity index (χ3n) is 11.7. The lowest BCUT2D eigenvalue weighted by atomic mass is 9.87. The van der Waals surface area contributed by atoms with Crippen LogP contribution in [-0.4, -0.2) is 4.98 Å². The molecule has 6 aromatic rings. The molecule has 0 aliphatic heterocycles. The van der Waals surface area contributed by atoms with Crippen LogP contribution in [0.3, 0.4) is 0 Å². The first kappa shape index (κ1) is 46.4. The molecular weight excluding hydrogens is 771 g/mol. The van der Waals surface area contributed by atoms with Crippen molar-refractivity contribution in [1.29, 1.82) is 0 Å². The maximum absolute atomic E-state index is 5.05. The number of aryl methyl sites for hydroxylation is 1. The molecule has 0 unspecified atom stereocenters. The van der Waals surface area contributed by atoms with Gasteiger partial charge in [-0.3, -0.25) is 0 Å². The molecule has 320 valence electrons. The Morgan fingerprint density at radius 2 is 1.20 bits per heavy atom. The van der Waals surface area contributed by atoms with E-state index in [1.165, 1.54) is 66.1 Å². The minimum Gasteiger partial charge on any atom is -0.248 e. The minimum absolute atomic E-state index is 0.988. The molecule has 0 atom stereocenters. The van der Waals surface area contributed by atoms with Crippen LogP contribution in [0.1, 0.15) is 83.1 Å². The predicted molar refractivity (Wildman–Crippen MR) is 280 cm³/mol. The van der Waals surface area contributed by atoms with Crippen molar-refractivity contribution in [2.45, 2.75) is 67.7 Å². The highest BCUT2D eigenvalue weighted by Crippen LogP contribution is 2.32. The van der Waals surface area contributed by atoms with E-state index in [1.54, 1.807) is 0 Å². The summed E-state index contributed by atoms with van der Waals surface area (Å²) >= 11 is 0. The van der Waals surface area contributed by atoms with Gasteiger partial charge in [0.05, 0.1) is 11.4 Å². The zero-order valence-electron chi connectivity index (χ0n) is 38.9. The Balaban J connectivity index is 0.000000355. The van der Waals surface area contributed by atoms with Crippen molar-refractivity contribution >= 4 is 23.8 Å². The van der Waals surface area contributed by atoms with E-state index in [0.29, 0.717) is 0 Å². The van der Waals surface area contributed by atoms with Crippen molar-refractivity contribution in [2.75, 3.05) is 0 Å². The Morgan fingerprint density at radius 1 is 0.609 bits per heavy atom. The van der Waals surface area contributed by atoms with Crippen molar-refractivity contribution < 1.29 is 0 Å². The first-order valence-corrected chi connectivity index (χ1v) is 22.7. The van der Waals surface area contributed by atoms with Crippen LogP contribution in [-0.2, 0) is 0 Å². The van der Waals surface area contributed by atoms with Gasteiger partial charge >= 0.3 is 0 Å². The summed E-state index contributed by atoms with van der Waals surface area (Å²) < 4.78 is 0.